The lowest BCUT2D eigenvalue weighted by Gasteiger charge is -2.13. The Bertz CT molecular complexity index is 751. The maximum Gasteiger partial charge on any atom is 0.303 e. The van der Waals surface area contributed by atoms with Gasteiger partial charge in [0.2, 0.25) is 5.91 Å². The van der Waals surface area contributed by atoms with Crippen molar-refractivity contribution < 1.29 is 24.2 Å². The van der Waals surface area contributed by atoms with E-state index < -0.39 is 5.97 Å². The topological polar surface area (TPSA) is 84.9 Å². The van der Waals surface area contributed by atoms with E-state index in [1.165, 1.54) is 0 Å². The average Bonchev–Trinajstić information content (AvgIpc) is 2.66. The first-order chi connectivity index (χ1) is 13.0. The van der Waals surface area contributed by atoms with Crippen LogP contribution in [0.25, 0.3) is 0 Å². The number of benzene rings is 2. The van der Waals surface area contributed by atoms with E-state index in [0.29, 0.717) is 37.0 Å². The van der Waals surface area contributed by atoms with E-state index in [9.17, 15) is 9.59 Å². The normalized spacial score (nSPS) is 10.3. The fourth-order valence-electron chi connectivity index (χ4n) is 2.36. The molecule has 27 heavy (non-hydrogen) atoms. The molecular weight excluding hydrogens is 370 g/mol. The van der Waals surface area contributed by atoms with Gasteiger partial charge in [0.1, 0.15) is 24.7 Å². The minimum atomic E-state index is -0.992. The maximum absolute atomic E-state index is 11.6. The summed E-state index contributed by atoms with van der Waals surface area (Å²) in [4.78, 5) is 22.1. The van der Waals surface area contributed by atoms with Gasteiger partial charge >= 0.3 is 5.97 Å². The first kappa shape index (κ1) is 20.6. The summed E-state index contributed by atoms with van der Waals surface area (Å²) >= 11 is 6.05. The third-order valence-electron chi connectivity index (χ3n) is 3.66. The highest BCUT2D eigenvalue weighted by Crippen LogP contribution is 2.23. The lowest BCUT2D eigenvalue weighted by atomic mass is 10.1. The minimum absolute atomic E-state index is 0.0366. The van der Waals surface area contributed by atoms with Crippen LogP contribution < -0.4 is 14.8 Å². The van der Waals surface area contributed by atoms with Gasteiger partial charge in [-0.15, -0.1) is 0 Å². The molecular formula is C20H22ClNO5. The number of carboxylic acid groups (broad SMARTS) is 1. The van der Waals surface area contributed by atoms with Gasteiger partial charge in [0, 0.05) is 18.0 Å². The summed E-state index contributed by atoms with van der Waals surface area (Å²) in [7, 11) is 0. The molecule has 2 aromatic rings. The lowest BCUT2D eigenvalue weighted by molar-refractivity contribution is -0.138. The molecule has 0 atom stereocenters. The van der Waals surface area contributed by atoms with Crippen LogP contribution in [0.4, 0.5) is 0 Å². The monoisotopic (exact) mass is 391 g/mol. The molecule has 0 heterocycles. The second kappa shape index (κ2) is 11.1. The van der Waals surface area contributed by atoms with Gasteiger partial charge in [-0.2, -0.15) is 0 Å². The molecule has 0 aliphatic heterocycles. The van der Waals surface area contributed by atoms with E-state index in [2.05, 4.69) is 5.32 Å². The van der Waals surface area contributed by atoms with E-state index in [0.717, 1.165) is 11.3 Å². The van der Waals surface area contributed by atoms with Gasteiger partial charge in [0.25, 0.3) is 0 Å². The van der Waals surface area contributed by atoms with E-state index in [4.69, 9.17) is 26.2 Å². The largest absolute Gasteiger partial charge is 0.490 e. The van der Waals surface area contributed by atoms with Crippen LogP contribution in [0, 0.1) is 0 Å². The molecule has 144 valence electrons. The highest BCUT2D eigenvalue weighted by atomic mass is 35.5. The molecule has 2 aromatic carbocycles. The van der Waals surface area contributed by atoms with Gasteiger partial charge in [-0.3, -0.25) is 9.59 Å². The zero-order valence-electron chi connectivity index (χ0n) is 14.8. The number of halogens is 1. The minimum Gasteiger partial charge on any atom is -0.490 e. The number of carbonyl (C=O) groups excluding carboxylic acids is 1. The Morgan fingerprint density at radius 2 is 1.74 bits per heavy atom. The summed E-state index contributed by atoms with van der Waals surface area (Å²) in [5.74, 6) is 0.170. The Morgan fingerprint density at radius 3 is 2.48 bits per heavy atom. The number of carbonyl (C=O) groups is 2. The van der Waals surface area contributed by atoms with E-state index in [1.807, 2.05) is 30.3 Å². The number of carboxylic acids is 1. The number of nitrogens with one attached hydrogen (secondary N) is 1. The number of aliphatic carboxylic acids is 1. The zero-order chi connectivity index (χ0) is 19.5. The average molecular weight is 392 g/mol. The Kier molecular flexibility index (Phi) is 8.45. The van der Waals surface area contributed by atoms with Crippen LogP contribution in [0.15, 0.2) is 48.5 Å². The highest BCUT2D eigenvalue weighted by Gasteiger charge is 2.08. The van der Waals surface area contributed by atoms with Crippen molar-refractivity contribution in [2.24, 2.45) is 0 Å². The van der Waals surface area contributed by atoms with Gasteiger partial charge in [0.15, 0.2) is 0 Å². The van der Waals surface area contributed by atoms with Crippen molar-refractivity contribution in [3.63, 3.8) is 0 Å². The summed E-state index contributed by atoms with van der Waals surface area (Å²) in [5.41, 5.74) is 0.862. The molecule has 6 nitrogen and oxygen atoms in total. The second-order valence-electron chi connectivity index (χ2n) is 5.76. The van der Waals surface area contributed by atoms with E-state index in [-0.39, 0.29) is 18.7 Å². The zero-order valence-corrected chi connectivity index (χ0v) is 15.6. The van der Waals surface area contributed by atoms with E-state index in [1.54, 1.807) is 18.2 Å². The number of para-hydroxylation sites is 1. The molecule has 2 N–H and O–H groups in total. The third kappa shape index (κ3) is 8.00. The summed E-state index contributed by atoms with van der Waals surface area (Å²) < 4.78 is 11.4. The quantitative estimate of drug-likeness (QED) is 0.574. The van der Waals surface area contributed by atoms with Crippen molar-refractivity contribution in [1.29, 1.82) is 0 Å². The molecule has 2 rings (SSSR count). The lowest BCUT2D eigenvalue weighted by Crippen LogP contribution is -2.26. The van der Waals surface area contributed by atoms with Crippen LogP contribution in [-0.4, -0.2) is 36.7 Å². The first-order valence-corrected chi connectivity index (χ1v) is 9.00. The van der Waals surface area contributed by atoms with Crippen molar-refractivity contribution in [2.75, 3.05) is 19.8 Å². The summed E-state index contributed by atoms with van der Waals surface area (Å²) in [5, 5.41) is 11.9. The van der Waals surface area contributed by atoms with Crippen molar-refractivity contribution in [3.8, 4) is 11.5 Å². The molecule has 0 aliphatic carbocycles. The fraction of sp³-hybridized carbons (Fsp3) is 0.300. The van der Waals surface area contributed by atoms with Gasteiger partial charge in [-0.1, -0.05) is 29.8 Å². The highest BCUT2D eigenvalue weighted by molar-refractivity contribution is 6.30. The van der Waals surface area contributed by atoms with Crippen LogP contribution in [-0.2, 0) is 16.0 Å². The predicted octanol–water partition coefficient (Wildman–Crippen LogP) is 3.32. The molecule has 0 unspecified atom stereocenters. The van der Waals surface area contributed by atoms with Crippen molar-refractivity contribution in [3.05, 3.63) is 59.1 Å². The Hall–Kier alpha value is -2.73. The number of rotatable bonds is 11. The Labute approximate surface area is 163 Å². The van der Waals surface area contributed by atoms with Crippen molar-refractivity contribution in [2.45, 2.75) is 19.3 Å². The van der Waals surface area contributed by atoms with Crippen LogP contribution >= 0.6 is 11.6 Å². The molecule has 0 saturated carbocycles. The standard InChI is InChI=1S/C20H22ClNO5/c21-16-6-7-18(27-13-12-26-17-4-2-1-3-5-17)15(14-16)10-11-22-19(23)8-9-20(24)25/h1-7,14H,8-13H2,(H,22,23)(H,24,25). The van der Waals surface area contributed by atoms with E-state index >= 15 is 0 Å². The molecule has 0 radical (unpaired) electrons. The van der Waals surface area contributed by atoms with Crippen LogP contribution in [0.5, 0.6) is 11.5 Å². The Morgan fingerprint density at radius 1 is 1.00 bits per heavy atom. The fourth-order valence-corrected chi connectivity index (χ4v) is 2.55. The van der Waals surface area contributed by atoms with Gasteiger partial charge in [-0.25, -0.2) is 0 Å². The summed E-state index contributed by atoms with van der Waals surface area (Å²) in [6, 6.07) is 14.8. The number of hydrogen-bond acceptors (Lipinski definition) is 4. The molecule has 0 aromatic heterocycles. The molecule has 0 fully saturated rings. The van der Waals surface area contributed by atoms with Gasteiger partial charge in [-0.05, 0) is 42.3 Å². The molecule has 0 saturated heterocycles. The van der Waals surface area contributed by atoms with Crippen molar-refractivity contribution >= 4 is 23.5 Å². The number of amides is 1. The molecule has 1 amide bonds. The predicted molar refractivity (Wildman–Crippen MR) is 102 cm³/mol. The summed E-state index contributed by atoms with van der Waals surface area (Å²) in [6.45, 7) is 1.14. The van der Waals surface area contributed by atoms with Crippen molar-refractivity contribution in [1.82, 2.24) is 5.32 Å². The molecule has 0 bridgehead atoms. The smallest absolute Gasteiger partial charge is 0.303 e. The number of ether oxygens (including phenoxy) is 2. The molecule has 7 heteroatoms. The summed E-state index contributed by atoms with van der Waals surface area (Å²) in [6.07, 6.45) is 0.304. The number of hydrogen-bond donors (Lipinski definition) is 2. The van der Waals surface area contributed by atoms with Gasteiger partial charge < -0.3 is 19.9 Å². The second-order valence-corrected chi connectivity index (χ2v) is 6.19. The van der Waals surface area contributed by atoms with Crippen LogP contribution in [0.1, 0.15) is 18.4 Å². The molecule has 0 spiro atoms. The molecule has 0 aliphatic rings. The van der Waals surface area contributed by atoms with Crippen LogP contribution in [0.2, 0.25) is 5.02 Å². The van der Waals surface area contributed by atoms with Gasteiger partial charge in [0.05, 0.1) is 6.42 Å². The van der Waals surface area contributed by atoms with Crippen LogP contribution in [0.3, 0.4) is 0 Å². The Balaban J connectivity index is 1.79. The SMILES string of the molecule is O=C(O)CCC(=O)NCCc1cc(Cl)ccc1OCCOc1ccccc1. The maximum atomic E-state index is 11.6. The third-order valence-corrected chi connectivity index (χ3v) is 3.89. The first-order valence-electron chi connectivity index (χ1n) is 8.62.